The Morgan fingerprint density at radius 3 is 3.31 bits per heavy atom. The highest BCUT2D eigenvalue weighted by Crippen LogP contribution is 2.13. The monoisotopic (exact) mass is 180 g/mol. The molecule has 1 aromatic rings. The molecule has 70 valence electrons. The van der Waals surface area contributed by atoms with Gasteiger partial charge in [-0.3, -0.25) is 15.2 Å². The van der Waals surface area contributed by atoms with E-state index in [2.05, 4.69) is 15.5 Å². The maximum atomic E-state index is 10.7. The Kier molecular flexibility index (Phi) is 2.27. The number of carbonyl (C=O) groups excluding carboxylic acids is 1. The third kappa shape index (κ3) is 1.55. The summed E-state index contributed by atoms with van der Waals surface area (Å²) in [4.78, 5) is 12.7. The molecule has 1 aliphatic heterocycles. The van der Waals surface area contributed by atoms with Crippen LogP contribution in [0.1, 0.15) is 6.42 Å². The molecule has 0 spiro atoms. The van der Waals surface area contributed by atoms with Crippen molar-refractivity contribution in [2.75, 3.05) is 18.0 Å². The SMILES string of the molecule is O=CC1NCCCN1c1ccn[nH]1. The van der Waals surface area contributed by atoms with Crippen molar-refractivity contribution in [2.24, 2.45) is 0 Å². The Balaban J connectivity index is 2.15. The van der Waals surface area contributed by atoms with Gasteiger partial charge in [0.1, 0.15) is 12.0 Å². The van der Waals surface area contributed by atoms with Crippen LogP contribution in [-0.4, -0.2) is 35.7 Å². The fourth-order valence-electron chi connectivity index (χ4n) is 1.55. The average molecular weight is 180 g/mol. The first-order valence-electron chi connectivity index (χ1n) is 4.36. The maximum Gasteiger partial charge on any atom is 0.157 e. The molecular weight excluding hydrogens is 168 g/mol. The second kappa shape index (κ2) is 3.57. The predicted octanol–water partition coefficient (Wildman–Crippen LogP) is -0.266. The smallest absolute Gasteiger partial charge is 0.157 e. The number of aromatic amines is 1. The number of nitrogens with one attached hydrogen (secondary N) is 2. The summed E-state index contributed by atoms with van der Waals surface area (Å²) in [7, 11) is 0. The molecule has 13 heavy (non-hydrogen) atoms. The molecule has 2 rings (SSSR count). The number of carbonyl (C=O) groups is 1. The topological polar surface area (TPSA) is 61.0 Å². The van der Waals surface area contributed by atoms with Gasteiger partial charge in [-0.15, -0.1) is 0 Å². The molecule has 1 aromatic heterocycles. The van der Waals surface area contributed by atoms with Crippen LogP contribution in [0.3, 0.4) is 0 Å². The Morgan fingerprint density at radius 1 is 1.69 bits per heavy atom. The van der Waals surface area contributed by atoms with Crippen LogP contribution in [0.2, 0.25) is 0 Å². The van der Waals surface area contributed by atoms with E-state index in [4.69, 9.17) is 0 Å². The van der Waals surface area contributed by atoms with Gasteiger partial charge < -0.3 is 4.90 Å². The number of rotatable bonds is 2. The second-order valence-corrected chi connectivity index (χ2v) is 3.02. The van der Waals surface area contributed by atoms with E-state index in [-0.39, 0.29) is 6.17 Å². The molecule has 5 heteroatoms. The molecule has 2 N–H and O–H groups in total. The fraction of sp³-hybridized carbons (Fsp3) is 0.500. The van der Waals surface area contributed by atoms with Gasteiger partial charge in [-0.2, -0.15) is 5.10 Å². The van der Waals surface area contributed by atoms with Crippen molar-refractivity contribution in [3.63, 3.8) is 0 Å². The first-order valence-corrected chi connectivity index (χ1v) is 4.36. The molecule has 0 aromatic carbocycles. The molecule has 0 saturated carbocycles. The molecule has 5 nitrogen and oxygen atoms in total. The van der Waals surface area contributed by atoms with E-state index in [1.165, 1.54) is 0 Å². The lowest BCUT2D eigenvalue weighted by Gasteiger charge is -2.33. The number of hydrogen-bond donors (Lipinski definition) is 2. The van der Waals surface area contributed by atoms with E-state index >= 15 is 0 Å². The summed E-state index contributed by atoms with van der Waals surface area (Å²) in [6.45, 7) is 1.78. The lowest BCUT2D eigenvalue weighted by Crippen LogP contribution is -2.52. The zero-order chi connectivity index (χ0) is 9.10. The highest BCUT2D eigenvalue weighted by atomic mass is 16.1. The van der Waals surface area contributed by atoms with E-state index in [9.17, 15) is 4.79 Å². The number of nitrogens with zero attached hydrogens (tertiary/aromatic N) is 2. The number of aldehydes is 1. The Morgan fingerprint density at radius 2 is 2.62 bits per heavy atom. The molecule has 1 fully saturated rings. The Hall–Kier alpha value is -1.36. The number of anilines is 1. The molecule has 2 heterocycles. The molecule has 1 aliphatic rings. The van der Waals surface area contributed by atoms with Gasteiger partial charge in [0, 0.05) is 12.6 Å². The molecular formula is C8H12N4O. The van der Waals surface area contributed by atoms with E-state index in [0.717, 1.165) is 31.6 Å². The van der Waals surface area contributed by atoms with E-state index < -0.39 is 0 Å². The van der Waals surface area contributed by atoms with Crippen LogP contribution in [0.15, 0.2) is 12.3 Å². The summed E-state index contributed by atoms with van der Waals surface area (Å²) in [6, 6.07) is 1.86. The van der Waals surface area contributed by atoms with Crippen molar-refractivity contribution in [1.82, 2.24) is 15.5 Å². The second-order valence-electron chi connectivity index (χ2n) is 3.02. The van der Waals surface area contributed by atoms with Crippen LogP contribution < -0.4 is 10.2 Å². The van der Waals surface area contributed by atoms with Crippen LogP contribution in [-0.2, 0) is 4.79 Å². The average Bonchev–Trinajstić information content (AvgIpc) is 2.70. The van der Waals surface area contributed by atoms with Crippen LogP contribution in [0.25, 0.3) is 0 Å². The summed E-state index contributed by atoms with van der Waals surface area (Å²) < 4.78 is 0. The van der Waals surface area contributed by atoms with Gasteiger partial charge in [-0.05, 0) is 13.0 Å². The molecule has 0 aliphatic carbocycles. The summed E-state index contributed by atoms with van der Waals surface area (Å²) >= 11 is 0. The van der Waals surface area contributed by atoms with Gasteiger partial charge in [-0.25, -0.2) is 0 Å². The Bertz CT molecular complexity index is 272. The van der Waals surface area contributed by atoms with E-state index in [0.29, 0.717) is 0 Å². The lowest BCUT2D eigenvalue weighted by atomic mass is 10.2. The summed E-state index contributed by atoms with van der Waals surface area (Å²) in [5, 5.41) is 9.82. The van der Waals surface area contributed by atoms with Gasteiger partial charge in [0.05, 0.1) is 6.20 Å². The predicted molar refractivity (Wildman–Crippen MR) is 48.4 cm³/mol. The van der Waals surface area contributed by atoms with Crippen LogP contribution in [0.5, 0.6) is 0 Å². The van der Waals surface area contributed by atoms with Crippen molar-refractivity contribution in [3.05, 3.63) is 12.3 Å². The van der Waals surface area contributed by atoms with Crippen molar-refractivity contribution < 1.29 is 4.79 Å². The summed E-state index contributed by atoms with van der Waals surface area (Å²) in [5.41, 5.74) is 0. The number of aromatic nitrogens is 2. The summed E-state index contributed by atoms with van der Waals surface area (Å²) in [6.07, 6.45) is 3.43. The van der Waals surface area contributed by atoms with Gasteiger partial charge in [0.25, 0.3) is 0 Å². The summed E-state index contributed by atoms with van der Waals surface area (Å²) in [5.74, 6) is 0.893. The van der Waals surface area contributed by atoms with Crippen LogP contribution in [0, 0.1) is 0 Å². The van der Waals surface area contributed by atoms with E-state index in [1.807, 2.05) is 11.0 Å². The molecule has 1 saturated heterocycles. The highest BCUT2D eigenvalue weighted by molar-refractivity contribution is 5.64. The van der Waals surface area contributed by atoms with E-state index in [1.54, 1.807) is 6.20 Å². The number of H-pyrrole nitrogens is 1. The van der Waals surface area contributed by atoms with Crippen molar-refractivity contribution in [1.29, 1.82) is 0 Å². The maximum absolute atomic E-state index is 10.7. The Labute approximate surface area is 76.1 Å². The van der Waals surface area contributed by atoms with Gasteiger partial charge in [0.2, 0.25) is 0 Å². The standard InChI is InChI=1S/C8H12N4O/c13-6-8-9-3-1-5-12(8)7-2-4-10-11-7/h2,4,6,8-9H,1,3,5H2,(H,10,11). The zero-order valence-corrected chi connectivity index (χ0v) is 7.23. The van der Waals surface area contributed by atoms with Crippen molar-refractivity contribution in [2.45, 2.75) is 12.6 Å². The minimum absolute atomic E-state index is 0.214. The van der Waals surface area contributed by atoms with Crippen molar-refractivity contribution >= 4 is 12.1 Å². The fourth-order valence-corrected chi connectivity index (χ4v) is 1.55. The molecule has 1 unspecified atom stereocenters. The molecule has 0 radical (unpaired) electrons. The number of hydrogen-bond acceptors (Lipinski definition) is 4. The molecule has 0 bridgehead atoms. The third-order valence-electron chi connectivity index (χ3n) is 2.19. The minimum Gasteiger partial charge on any atom is -0.335 e. The molecule has 1 atom stereocenters. The quantitative estimate of drug-likeness (QED) is 0.615. The third-order valence-corrected chi connectivity index (χ3v) is 2.19. The van der Waals surface area contributed by atoms with Gasteiger partial charge in [0.15, 0.2) is 6.29 Å². The zero-order valence-electron chi connectivity index (χ0n) is 7.23. The largest absolute Gasteiger partial charge is 0.335 e. The minimum atomic E-state index is -0.214. The highest BCUT2D eigenvalue weighted by Gasteiger charge is 2.21. The van der Waals surface area contributed by atoms with Crippen LogP contribution in [0.4, 0.5) is 5.82 Å². The van der Waals surface area contributed by atoms with Crippen molar-refractivity contribution in [3.8, 4) is 0 Å². The first-order chi connectivity index (χ1) is 6.42. The lowest BCUT2D eigenvalue weighted by molar-refractivity contribution is -0.109. The van der Waals surface area contributed by atoms with Gasteiger partial charge in [-0.1, -0.05) is 0 Å². The van der Waals surface area contributed by atoms with Gasteiger partial charge >= 0.3 is 0 Å². The van der Waals surface area contributed by atoms with Crippen LogP contribution >= 0.6 is 0 Å². The first kappa shape index (κ1) is 8.25. The normalized spacial score (nSPS) is 23.1. The molecule has 0 amide bonds.